The Labute approximate surface area is 223 Å². The topological polar surface area (TPSA) is 54.4 Å². The molecule has 0 radical (unpaired) electrons. The van der Waals surface area contributed by atoms with Crippen molar-refractivity contribution in [3.05, 3.63) is 29.6 Å². The van der Waals surface area contributed by atoms with Crippen LogP contribution in [0.4, 0.5) is 17.6 Å². The highest BCUT2D eigenvalue weighted by atomic mass is 32.2. The third-order valence-corrected chi connectivity index (χ3v) is 7.12. The van der Waals surface area contributed by atoms with Gasteiger partial charge in [0.2, 0.25) is 0 Å². The summed E-state index contributed by atoms with van der Waals surface area (Å²) in [6.07, 6.45) is 12.4. The van der Waals surface area contributed by atoms with Crippen LogP contribution >= 0.6 is 0 Å². The Kier molecular flexibility index (Phi) is 18.4. The van der Waals surface area contributed by atoms with Gasteiger partial charge in [-0.25, -0.2) is 4.39 Å². The predicted molar refractivity (Wildman–Crippen MR) is 145 cm³/mol. The van der Waals surface area contributed by atoms with Gasteiger partial charge in [-0.1, -0.05) is 111 Å². The zero-order valence-corrected chi connectivity index (χ0v) is 24.3. The van der Waals surface area contributed by atoms with Gasteiger partial charge in [0.05, 0.1) is 0 Å². The molecule has 0 bridgehead atoms. The first-order valence-corrected chi connectivity index (χ1v) is 15.4. The minimum atomic E-state index is -4.47. The lowest BCUT2D eigenvalue weighted by Gasteiger charge is -2.17. The average Bonchev–Trinajstić information content (AvgIpc) is 2.75. The number of benzene rings is 1. The molecule has 1 aromatic rings. The van der Waals surface area contributed by atoms with Crippen LogP contribution in [0.5, 0.6) is 0 Å². The first-order valence-electron chi connectivity index (χ1n) is 14.0. The van der Waals surface area contributed by atoms with Crippen molar-refractivity contribution in [1.82, 2.24) is 0 Å². The van der Waals surface area contributed by atoms with Gasteiger partial charge < -0.3 is 0 Å². The van der Waals surface area contributed by atoms with Crippen LogP contribution in [0.3, 0.4) is 0 Å². The summed E-state index contributed by atoms with van der Waals surface area (Å²) >= 11 is 0. The van der Waals surface area contributed by atoms with Crippen molar-refractivity contribution in [2.24, 2.45) is 5.41 Å². The first kappa shape index (κ1) is 35.9. The number of alkyl halides is 3. The normalized spacial score (nSPS) is 12.4. The second-order valence-electron chi connectivity index (χ2n) is 11.3. The van der Waals surface area contributed by atoms with E-state index in [4.69, 9.17) is 4.55 Å². The zero-order valence-electron chi connectivity index (χ0n) is 23.4. The molecule has 0 aliphatic rings. The van der Waals surface area contributed by atoms with E-state index in [0.29, 0.717) is 11.8 Å². The van der Waals surface area contributed by atoms with E-state index in [-0.39, 0.29) is 0 Å². The van der Waals surface area contributed by atoms with Gasteiger partial charge in [-0.15, -0.1) is 0 Å². The highest BCUT2D eigenvalue weighted by molar-refractivity contribution is 7.85. The van der Waals surface area contributed by atoms with Crippen LogP contribution < -0.4 is 0 Å². The maximum atomic E-state index is 13.6. The third-order valence-electron chi connectivity index (χ3n) is 6.23. The van der Waals surface area contributed by atoms with Gasteiger partial charge in [0.15, 0.2) is 0 Å². The zero-order chi connectivity index (χ0) is 28.4. The molecule has 0 fully saturated rings. The Hall–Kier alpha value is -1.15. The lowest BCUT2D eigenvalue weighted by Crippen LogP contribution is -2.06. The quantitative estimate of drug-likeness (QED) is 0.118. The molecule has 0 saturated heterocycles. The van der Waals surface area contributed by atoms with Gasteiger partial charge in [-0.2, -0.15) is 21.6 Å². The molecular formula is C29H50F4O3S. The van der Waals surface area contributed by atoms with Gasteiger partial charge in [0, 0.05) is 6.42 Å². The lowest BCUT2D eigenvalue weighted by molar-refractivity contribution is -0.135. The van der Waals surface area contributed by atoms with E-state index < -0.39 is 33.4 Å². The van der Waals surface area contributed by atoms with E-state index in [0.717, 1.165) is 50.2 Å². The van der Waals surface area contributed by atoms with Crippen molar-refractivity contribution in [2.45, 2.75) is 148 Å². The highest BCUT2D eigenvalue weighted by Crippen LogP contribution is 2.24. The summed E-state index contributed by atoms with van der Waals surface area (Å²) in [6, 6.07) is 3.91. The summed E-state index contributed by atoms with van der Waals surface area (Å²) in [6.45, 7) is 8.96. The number of halogens is 4. The molecule has 0 unspecified atom stereocenters. The molecule has 1 aromatic carbocycles. The molecule has 0 spiro atoms. The molecule has 0 aromatic heterocycles. The number of rotatable bonds is 17. The number of hydrogen-bond donors (Lipinski definition) is 1. The van der Waals surface area contributed by atoms with Gasteiger partial charge >= 0.3 is 6.18 Å². The minimum Gasteiger partial charge on any atom is -0.282 e. The summed E-state index contributed by atoms with van der Waals surface area (Å²) in [4.78, 5) is -0.651. The third kappa shape index (κ3) is 22.5. The molecule has 1 N–H and O–H groups in total. The molecule has 0 aliphatic carbocycles. The first-order chi connectivity index (χ1) is 17.2. The second kappa shape index (κ2) is 19.0. The van der Waals surface area contributed by atoms with Gasteiger partial charge in [-0.05, 0) is 48.8 Å². The van der Waals surface area contributed by atoms with E-state index in [1.54, 1.807) is 6.07 Å². The molecule has 3 nitrogen and oxygen atoms in total. The molecule has 0 amide bonds. The fourth-order valence-corrected chi connectivity index (χ4v) is 4.61. The SMILES string of the molecule is CC(C)(C)CCCCCCCCCc1ccc(S(=O)(=O)O)c(F)c1.CCCCCCCCCC(F)(F)F. The smallest absolute Gasteiger partial charge is 0.282 e. The van der Waals surface area contributed by atoms with E-state index in [1.165, 1.54) is 63.9 Å². The van der Waals surface area contributed by atoms with Crippen LogP contribution in [0.1, 0.15) is 136 Å². The van der Waals surface area contributed by atoms with Crippen LogP contribution in [-0.2, 0) is 16.5 Å². The minimum absolute atomic E-state index is 0.301. The van der Waals surface area contributed by atoms with Crippen molar-refractivity contribution in [1.29, 1.82) is 0 Å². The van der Waals surface area contributed by atoms with E-state index in [1.807, 2.05) is 0 Å². The molecule has 8 heteroatoms. The van der Waals surface area contributed by atoms with Crippen LogP contribution in [-0.4, -0.2) is 19.1 Å². The predicted octanol–water partition coefficient (Wildman–Crippen LogP) is 10.5. The van der Waals surface area contributed by atoms with Crippen molar-refractivity contribution in [3.63, 3.8) is 0 Å². The fourth-order valence-electron chi connectivity index (χ4n) is 4.06. The standard InChI is InChI=1S/C19H31FO3S.C10H19F3/c1-19(2,3)14-10-8-6-4-5-7-9-11-16-12-13-18(17(20)15-16)24(21,22)23;1-2-3-4-5-6-7-8-9-10(11,12)13/h12-13,15H,4-11,14H2,1-3H3,(H,21,22,23);2-9H2,1H3. The maximum absolute atomic E-state index is 13.6. The molecule has 0 atom stereocenters. The summed E-state index contributed by atoms with van der Waals surface area (Å²) in [7, 11) is -4.47. The Morgan fingerprint density at radius 2 is 1.19 bits per heavy atom. The van der Waals surface area contributed by atoms with Crippen LogP contribution in [0.2, 0.25) is 0 Å². The molecule has 0 saturated carbocycles. The summed E-state index contributed by atoms with van der Waals surface area (Å²) in [5.74, 6) is -0.881. The lowest BCUT2D eigenvalue weighted by atomic mass is 9.89. The van der Waals surface area contributed by atoms with Crippen molar-refractivity contribution < 1.29 is 30.5 Å². The Bertz CT molecular complexity index is 815. The van der Waals surface area contributed by atoms with Crippen LogP contribution in [0.25, 0.3) is 0 Å². The van der Waals surface area contributed by atoms with E-state index in [2.05, 4.69) is 27.7 Å². The molecule has 0 heterocycles. The molecular weight excluding hydrogens is 504 g/mol. The van der Waals surface area contributed by atoms with Crippen LogP contribution in [0.15, 0.2) is 23.1 Å². The highest BCUT2D eigenvalue weighted by Gasteiger charge is 2.25. The molecule has 1 rings (SSSR count). The van der Waals surface area contributed by atoms with Crippen molar-refractivity contribution in [3.8, 4) is 0 Å². The summed E-state index contributed by atoms with van der Waals surface area (Å²) < 4.78 is 79.5. The molecule has 218 valence electrons. The van der Waals surface area contributed by atoms with Crippen LogP contribution in [0, 0.1) is 11.2 Å². The van der Waals surface area contributed by atoms with E-state index >= 15 is 0 Å². The monoisotopic (exact) mass is 554 g/mol. The van der Waals surface area contributed by atoms with Gasteiger partial charge in [0.25, 0.3) is 10.1 Å². The van der Waals surface area contributed by atoms with Gasteiger partial charge in [-0.3, -0.25) is 4.55 Å². The summed E-state index contributed by atoms with van der Waals surface area (Å²) in [5.41, 5.74) is 1.20. The largest absolute Gasteiger partial charge is 0.389 e. The number of unbranched alkanes of at least 4 members (excludes halogenated alkanes) is 12. The number of aryl methyl sites for hydroxylation is 1. The maximum Gasteiger partial charge on any atom is 0.389 e. The van der Waals surface area contributed by atoms with Crippen molar-refractivity contribution >= 4 is 10.1 Å². The Balaban J connectivity index is 0.000000845. The Morgan fingerprint density at radius 1 is 0.730 bits per heavy atom. The average molecular weight is 555 g/mol. The van der Waals surface area contributed by atoms with E-state index in [9.17, 15) is 26.0 Å². The summed E-state index contributed by atoms with van der Waals surface area (Å²) in [5, 5.41) is 0. The molecule has 37 heavy (non-hydrogen) atoms. The van der Waals surface area contributed by atoms with Crippen molar-refractivity contribution in [2.75, 3.05) is 0 Å². The number of hydrogen-bond acceptors (Lipinski definition) is 2. The van der Waals surface area contributed by atoms with Gasteiger partial charge in [0.1, 0.15) is 10.7 Å². The molecule has 0 aliphatic heterocycles. The fraction of sp³-hybridized carbons (Fsp3) is 0.793. The Morgan fingerprint density at radius 3 is 1.62 bits per heavy atom. The second-order valence-corrected chi connectivity index (χ2v) is 12.7.